The molecule has 0 heterocycles. The number of halogens is 1. The van der Waals surface area contributed by atoms with Gasteiger partial charge in [-0.1, -0.05) is 29.3 Å². The van der Waals surface area contributed by atoms with E-state index >= 15 is 0 Å². The molecule has 3 nitrogen and oxygen atoms in total. The number of unbranched alkanes of at least 4 members (excludes halogenated alkanes) is 1. The lowest BCUT2D eigenvalue weighted by Gasteiger charge is -2.00. The summed E-state index contributed by atoms with van der Waals surface area (Å²) in [6.07, 6.45) is 1.90. The van der Waals surface area contributed by atoms with Crippen LogP contribution in [0.25, 0.3) is 0 Å². The molecule has 0 saturated heterocycles. The average Bonchev–Trinajstić information content (AvgIpc) is 1.89. The zero-order valence-electron chi connectivity index (χ0n) is 5.93. The average molecular weight is 230 g/mol. The summed E-state index contributed by atoms with van der Waals surface area (Å²) in [4.78, 5) is 0. The second-order valence-electron chi connectivity index (χ2n) is 1.97. The lowest BCUT2D eigenvalue weighted by Crippen LogP contribution is -2.25. The van der Waals surface area contributed by atoms with Crippen LogP contribution in [-0.2, 0) is 10.0 Å². The summed E-state index contributed by atoms with van der Waals surface area (Å²) >= 11 is 2.87. The summed E-state index contributed by atoms with van der Waals surface area (Å²) in [7, 11) is -3.03. The second kappa shape index (κ2) is 5.09. The maximum absolute atomic E-state index is 10.7. The Labute approximate surface area is 70.4 Å². The minimum Gasteiger partial charge on any atom is -0.215 e. The predicted molar refractivity (Wildman–Crippen MR) is 45.6 cm³/mol. The number of hydrogen-bond acceptors (Lipinski definition) is 2. The molecule has 0 radical (unpaired) electrons. The minimum absolute atomic E-state index is 0.0102. The van der Waals surface area contributed by atoms with Crippen LogP contribution in [-0.4, -0.2) is 19.6 Å². The van der Waals surface area contributed by atoms with E-state index in [4.69, 9.17) is 0 Å². The first-order chi connectivity index (χ1) is 4.62. The first kappa shape index (κ1) is 10.4. The Morgan fingerprint density at radius 3 is 2.50 bits per heavy atom. The van der Waals surface area contributed by atoms with Gasteiger partial charge in [0.05, 0.1) is 0 Å². The lowest BCUT2D eigenvalue weighted by atomic mass is 10.3. The molecule has 0 fully saturated rings. The van der Waals surface area contributed by atoms with E-state index in [1.165, 1.54) is 0 Å². The van der Waals surface area contributed by atoms with Crippen LogP contribution in [0.2, 0.25) is 0 Å². The Morgan fingerprint density at radius 2 is 2.10 bits per heavy atom. The van der Waals surface area contributed by atoms with Crippen molar-refractivity contribution < 1.29 is 8.42 Å². The molecule has 0 aromatic carbocycles. The maximum atomic E-state index is 10.7. The fourth-order valence-electron chi connectivity index (χ4n) is 0.443. The van der Waals surface area contributed by atoms with Gasteiger partial charge in [-0.15, -0.1) is 0 Å². The Balaban J connectivity index is 3.49. The smallest absolute Gasteiger partial charge is 0.215 e. The van der Waals surface area contributed by atoms with E-state index in [-0.39, 0.29) is 4.66 Å². The Kier molecular flexibility index (Phi) is 5.29. The molecular formula is C5H12BrNO2S. The molecule has 0 aromatic rings. The van der Waals surface area contributed by atoms with Crippen molar-refractivity contribution in [1.82, 2.24) is 4.72 Å². The van der Waals surface area contributed by atoms with Gasteiger partial charge in [0.2, 0.25) is 10.0 Å². The third kappa shape index (κ3) is 5.20. The van der Waals surface area contributed by atoms with E-state index in [2.05, 4.69) is 20.7 Å². The zero-order valence-corrected chi connectivity index (χ0v) is 8.33. The molecule has 0 atom stereocenters. The van der Waals surface area contributed by atoms with Crippen molar-refractivity contribution in [2.75, 3.05) is 11.2 Å². The topological polar surface area (TPSA) is 46.2 Å². The number of hydrogen-bond donors (Lipinski definition) is 1. The molecule has 1 N–H and O–H groups in total. The van der Waals surface area contributed by atoms with Crippen LogP contribution in [0.15, 0.2) is 0 Å². The van der Waals surface area contributed by atoms with Gasteiger partial charge in [-0.25, -0.2) is 13.1 Å². The molecule has 5 heteroatoms. The lowest BCUT2D eigenvalue weighted by molar-refractivity contribution is 0.583. The molecule has 0 bridgehead atoms. The highest BCUT2D eigenvalue weighted by atomic mass is 79.9. The van der Waals surface area contributed by atoms with Crippen LogP contribution >= 0.6 is 15.9 Å². The summed E-state index contributed by atoms with van der Waals surface area (Å²) < 4.78 is 23.9. The van der Waals surface area contributed by atoms with Crippen LogP contribution in [0.4, 0.5) is 0 Å². The van der Waals surface area contributed by atoms with Crippen LogP contribution in [0, 0.1) is 0 Å². The van der Waals surface area contributed by atoms with E-state index in [9.17, 15) is 8.42 Å². The van der Waals surface area contributed by atoms with Crippen LogP contribution in [0.3, 0.4) is 0 Å². The Bertz CT molecular complexity index is 166. The van der Waals surface area contributed by atoms with Crippen molar-refractivity contribution in [2.45, 2.75) is 19.8 Å². The van der Waals surface area contributed by atoms with E-state index < -0.39 is 10.0 Å². The summed E-state index contributed by atoms with van der Waals surface area (Å²) in [5.41, 5.74) is 0. The van der Waals surface area contributed by atoms with E-state index in [0.29, 0.717) is 6.54 Å². The van der Waals surface area contributed by atoms with Crippen molar-refractivity contribution >= 4 is 26.0 Å². The molecule has 0 aliphatic carbocycles. The molecule has 10 heavy (non-hydrogen) atoms. The van der Waals surface area contributed by atoms with E-state index in [1.54, 1.807) is 0 Å². The fourth-order valence-corrected chi connectivity index (χ4v) is 1.46. The molecule has 0 saturated carbocycles. The van der Waals surface area contributed by atoms with Crippen molar-refractivity contribution in [1.29, 1.82) is 0 Å². The van der Waals surface area contributed by atoms with Gasteiger partial charge in [0.15, 0.2) is 0 Å². The molecule has 0 spiro atoms. The third-order valence-electron chi connectivity index (χ3n) is 0.996. The van der Waals surface area contributed by atoms with Crippen molar-refractivity contribution in [3.8, 4) is 0 Å². The molecule has 0 aliphatic rings. The van der Waals surface area contributed by atoms with Gasteiger partial charge in [0, 0.05) is 6.54 Å². The van der Waals surface area contributed by atoms with E-state index in [0.717, 1.165) is 12.8 Å². The molecule has 0 unspecified atom stereocenters. The van der Waals surface area contributed by atoms with Crippen molar-refractivity contribution in [3.63, 3.8) is 0 Å². The molecular weight excluding hydrogens is 218 g/mol. The van der Waals surface area contributed by atoms with Crippen LogP contribution in [0.5, 0.6) is 0 Å². The maximum Gasteiger partial charge on any atom is 0.221 e. The van der Waals surface area contributed by atoms with Crippen LogP contribution < -0.4 is 4.72 Å². The van der Waals surface area contributed by atoms with E-state index in [1.807, 2.05) is 6.92 Å². The first-order valence-electron chi connectivity index (χ1n) is 3.15. The highest BCUT2D eigenvalue weighted by Gasteiger charge is 2.04. The van der Waals surface area contributed by atoms with Gasteiger partial charge in [-0.2, -0.15) is 0 Å². The minimum atomic E-state index is -3.03. The SMILES string of the molecule is CCCCNS(=O)(=O)CBr. The number of sulfonamides is 1. The highest BCUT2D eigenvalue weighted by Crippen LogP contribution is 1.91. The number of nitrogens with one attached hydrogen (secondary N) is 1. The monoisotopic (exact) mass is 229 g/mol. The molecule has 0 rings (SSSR count). The summed E-state index contributed by atoms with van der Waals surface area (Å²) in [5, 5.41) is 0. The molecule has 62 valence electrons. The molecule has 0 amide bonds. The predicted octanol–water partition coefficient (Wildman–Crippen LogP) is 1.06. The van der Waals surface area contributed by atoms with Crippen LogP contribution in [0.1, 0.15) is 19.8 Å². The zero-order chi connectivity index (χ0) is 8.04. The highest BCUT2D eigenvalue weighted by molar-refractivity contribution is 9.10. The fraction of sp³-hybridized carbons (Fsp3) is 1.00. The van der Waals surface area contributed by atoms with Gasteiger partial charge >= 0.3 is 0 Å². The van der Waals surface area contributed by atoms with Gasteiger partial charge < -0.3 is 0 Å². The quantitative estimate of drug-likeness (QED) is 0.567. The Hall–Kier alpha value is 0.390. The summed E-state index contributed by atoms with van der Waals surface area (Å²) in [6.45, 7) is 2.56. The standard InChI is InChI=1S/C5H12BrNO2S/c1-2-3-4-7-10(8,9)5-6/h7H,2-5H2,1H3. The Morgan fingerprint density at radius 1 is 1.50 bits per heavy atom. The van der Waals surface area contributed by atoms with Crippen molar-refractivity contribution in [3.05, 3.63) is 0 Å². The van der Waals surface area contributed by atoms with Gasteiger partial charge in [-0.05, 0) is 6.42 Å². The van der Waals surface area contributed by atoms with Gasteiger partial charge in [0.1, 0.15) is 4.66 Å². The largest absolute Gasteiger partial charge is 0.221 e. The molecule has 0 aliphatic heterocycles. The number of alkyl halides is 1. The summed E-state index contributed by atoms with van der Waals surface area (Å²) in [5.74, 6) is 0. The molecule has 0 aromatic heterocycles. The van der Waals surface area contributed by atoms with Gasteiger partial charge in [-0.3, -0.25) is 0 Å². The second-order valence-corrected chi connectivity index (χ2v) is 5.08. The summed E-state index contributed by atoms with van der Waals surface area (Å²) in [6, 6.07) is 0. The first-order valence-corrected chi connectivity index (χ1v) is 5.93. The third-order valence-corrected chi connectivity index (χ3v) is 3.74. The van der Waals surface area contributed by atoms with Gasteiger partial charge in [0.25, 0.3) is 0 Å². The van der Waals surface area contributed by atoms with Crippen molar-refractivity contribution in [2.24, 2.45) is 0 Å². The number of rotatable bonds is 5. The normalized spacial score (nSPS) is 11.8.